The quantitative estimate of drug-likeness (QED) is 0.292. The molecule has 4 atom stereocenters. The van der Waals surface area contributed by atoms with E-state index in [1.54, 1.807) is 4.90 Å². The molecule has 9 nitrogen and oxygen atoms in total. The van der Waals surface area contributed by atoms with Crippen LogP contribution in [0, 0.1) is 5.92 Å². The lowest BCUT2D eigenvalue weighted by atomic mass is 9.82. The molecule has 0 aromatic heterocycles. The van der Waals surface area contributed by atoms with E-state index in [9.17, 15) is 19.5 Å². The first kappa shape index (κ1) is 32.5. The van der Waals surface area contributed by atoms with Crippen LogP contribution in [-0.2, 0) is 26.5 Å². The molecule has 2 amide bonds. The fourth-order valence-electron chi connectivity index (χ4n) is 8.78. The third-order valence-electron chi connectivity index (χ3n) is 10.9. The van der Waals surface area contributed by atoms with Crippen molar-refractivity contribution in [1.29, 1.82) is 0 Å². The first-order chi connectivity index (χ1) is 22.5. The molecule has 2 spiro atoms. The lowest BCUT2D eigenvalue weighted by Crippen LogP contribution is -2.55. The van der Waals surface area contributed by atoms with Gasteiger partial charge in [-0.3, -0.25) is 14.5 Å². The number of amides is 2. The minimum Gasteiger partial charge on any atom is -0.432 e. The number of hydrogen-bond donors (Lipinski definition) is 3. The third-order valence-corrected chi connectivity index (χ3v) is 13.9. The van der Waals surface area contributed by atoms with Crippen molar-refractivity contribution in [3.05, 3.63) is 88.4 Å². The Balaban J connectivity index is 1.22. The Labute approximate surface area is 285 Å². The number of ether oxygens (including phenoxy) is 1. The molecule has 0 unspecified atom stereocenters. The van der Waals surface area contributed by atoms with E-state index in [1.165, 1.54) is 0 Å². The van der Waals surface area contributed by atoms with Gasteiger partial charge in [-0.25, -0.2) is 0 Å². The van der Waals surface area contributed by atoms with Crippen LogP contribution in [0.2, 0.25) is 18.6 Å². The van der Waals surface area contributed by atoms with Crippen molar-refractivity contribution >= 4 is 53.1 Å². The van der Waals surface area contributed by atoms with Gasteiger partial charge in [-0.15, -0.1) is 0 Å². The summed E-state index contributed by atoms with van der Waals surface area (Å²) in [6.45, 7) is 8.02. The number of aliphatic hydroxyl groups excluding tert-OH is 1. The monoisotopic (exact) mass is 718 g/mol. The standard InChI is InChI=1S/C36H43BrN4O5Si/c1-24-32(47(2,3)45)31(14-19-42)46-36(24)29-21-26(37)12-13-30(29)39(34(36)44)22-25-8-7-11-28(20-25)40-23-41(27-9-5-4-6-10-27)35(33(40)43)15-17-38-18-16-35/h4-13,20-21,24,31-32,38,42,45H,14-19,22-23H2,1-3H3/t24-,31+,32-,36+/m0/s1. The normalized spacial score (nSPS) is 27.0. The lowest BCUT2D eigenvalue weighted by molar-refractivity contribution is -0.146. The van der Waals surface area contributed by atoms with E-state index in [1.807, 2.05) is 85.6 Å². The molecular weight excluding hydrogens is 676 g/mol. The number of nitrogens with zero attached hydrogens (tertiary/aromatic N) is 3. The Bertz CT molecular complexity index is 1680. The van der Waals surface area contributed by atoms with Crippen molar-refractivity contribution in [2.75, 3.05) is 41.1 Å². The molecule has 4 aliphatic rings. The van der Waals surface area contributed by atoms with Gasteiger partial charge in [0.1, 0.15) is 5.54 Å². The molecule has 7 rings (SSSR count). The van der Waals surface area contributed by atoms with Crippen LogP contribution in [0.15, 0.2) is 77.3 Å². The van der Waals surface area contributed by atoms with Crippen molar-refractivity contribution in [2.24, 2.45) is 5.92 Å². The van der Waals surface area contributed by atoms with Gasteiger partial charge < -0.3 is 29.8 Å². The van der Waals surface area contributed by atoms with Crippen LogP contribution in [0.5, 0.6) is 0 Å². The van der Waals surface area contributed by atoms with E-state index >= 15 is 0 Å². The van der Waals surface area contributed by atoms with Crippen molar-refractivity contribution in [3.63, 3.8) is 0 Å². The van der Waals surface area contributed by atoms with Crippen LogP contribution in [-0.4, -0.2) is 68.0 Å². The van der Waals surface area contributed by atoms with Crippen LogP contribution in [0.25, 0.3) is 0 Å². The van der Waals surface area contributed by atoms with Crippen molar-refractivity contribution in [3.8, 4) is 0 Å². The number of rotatable bonds is 7. The fourth-order valence-corrected chi connectivity index (χ4v) is 11.7. The highest BCUT2D eigenvalue weighted by molar-refractivity contribution is 9.10. The summed E-state index contributed by atoms with van der Waals surface area (Å²) in [6.07, 6.45) is 1.39. The van der Waals surface area contributed by atoms with Gasteiger partial charge in [0.05, 0.1) is 25.0 Å². The predicted octanol–water partition coefficient (Wildman–Crippen LogP) is 5.11. The van der Waals surface area contributed by atoms with E-state index < -0.39 is 25.6 Å². The first-order valence-electron chi connectivity index (χ1n) is 16.6. The Morgan fingerprint density at radius 1 is 0.979 bits per heavy atom. The zero-order valence-electron chi connectivity index (χ0n) is 27.2. The number of carbonyl (C=O) groups excluding carboxylic acids is 2. The number of hydrogen-bond acceptors (Lipinski definition) is 7. The number of carbonyl (C=O) groups is 2. The van der Waals surface area contributed by atoms with Crippen molar-refractivity contribution in [1.82, 2.24) is 5.32 Å². The molecule has 4 heterocycles. The second-order valence-electron chi connectivity index (χ2n) is 14.0. The molecule has 0 bridgehead atoms. The SMILES string of the molecule is C[C@H]1[C@H]([Si](C)(C)O)[C@@H](CCO)O[C@]12C(=O)N(Cc1cccc(N3CN(c4ccccc4)C4(CCNCC4)C3=O)c1)c1ccc(Br)cc12. The molecule has 3 saturated heterocycles. The van der Waals surface area contributed by atoms with Gasteiger partial charge in [0.2, 0.25) is 0 Å². The molecule has 0 saturated carbocycles. The van der Waals surface area contributed by atoms with E-state index in [4.69, 9.17) is 4.74 Å². The third kappa shape index (κ3) is 5.17. The Morgan fingerprint density at radius 2 is 1.70 bits per heavy atom. The zero-order valence-corrected chi connectivity index (χ0v) is 29.7. The number of halogens is 1. The minimum absolute atomic E-state index is 0.0841. The largest absolute Gasteiger partial charge is 0.432 e. The topological polar surface area (TPSA) is 106 Å². The number of para-hydroxylation sites is 1. The van der Waals surface area contributed by atoms with Gasteiger partial charge in [-0.2, -0.15) is 0 Å². The highest BCUT2D eigenvalue weighted by atomic mass is 79.9. The summed E-state index contributed by atoms with van der Waals surface area (Å²) in [7, 11) is -2.78. The summed E-state index contributed by atoms with van der Waals surface area (Å²) in [5, 5.41) is 13.3. The van der Waals surface area contributed by atoms with Gasteiger partial charge in [-0.1, -0.05) is 53.2 Å². The predicted molar refractivity (Wildman–Crippen MR) is 189 cm³/mol. The maximum atomic E-state index is 14.7. The first-order valence-corrected chi connectivity index (χ1v) is 20.4. The number of anilines is 3. The summed E-state index contributed by atoms with van der Waals surface area (Å²) in [6, 6.07) is 24.0. The van der Waals surface area contributed by atoms with Crippen molar-refractivity contribution < 1.29 is 24.2 Å². The number of piperidine rings is 1. The summed E-state index contributed by atoms with van der Waals surface area (Å²) < 4.78 is 7.58. The molecule has 3 aromatic carbocycles. The van der Waals surface area contributed by atoms with Gasteiger partial charge in [0.15, 0.2) is 13.9 Å². The average molecular weight is 720 g/mol. The van der Waals surface area contributed by atoms with Crippen LogP contribution < -0.4 is 20.0 Å². The number of fused-ring (bicyclic) bond motifs is 2. The number of aliphatic hydroxyl groups is 1. The van der Waals surface area contributed by atoms with Gasteiger partial charge in [0, 0.05) is 39.5 Å². The Morgan fingerprint density at radius 3 is 2.40 bits per heavy atom. The van der Waals surface area contributed by atoms with Crippen LogP contribution >= 0.6 is 15.9 Å². The summed E-state index contributed by atoms with van der Waals surface area (Å²) >= 11 is 3.62. The molecule has 4 aliphatic heterocycles. The molecule has 11 heteroatoms. The molecule has 3 fully saturated rings. The van der Waals surface area contributed by atoms with E-state index in [2.05, 4.69) is 38.3 Å². The molecular formula is C36H43BrN4O5Si. The fraction of sp³-hybridized carbons (Fsp3) is 0.444. The summed E-state index contributed by atoms with van der Waals surface area (Å²) in [5.41, 5.74) is 2.20. The number of nitrogens with one attached hydrogen (secondary N) is 1. The van der Waals surface area contributed by atoms with Crippen LogP contribution in [0.3, 0.4) is 0 Å². The highest BCUT2D eigenvalue weighted by Gasteiger charge is 2.66. The zero-order chi connectivity index (χ0) is 33.1. The van der Waals surface area contributed by atoms with E-state index in [0.29, 0.717) is 19.6 Å². The van der Waals surface area contributed by atoms with Gasteiger partial charge in [-0.05, 0) is 93.5 Å². The molecule has 0 radical (unpaired) electrons. The smallest absolute Gasteiger partial charge is 0.264 e. The Hall–Kier alpha value is -3.06. The van der Waals surface area contributed by atoms with Gasteiger partial charge in [0.25, 0.3) is 11.8 Å². The molecule has 47 heavy (non-hydrogen) atoms. The maximum absolute atomic E-state index is 14.7. The summed E-state index contributed by atoms with van der Waals surface area (Å²) in [5.74, 6) is -0.348. The number of benzene rings is 3. The average Bonchev–Trinajstić information content (AvgIpc) is 3.59. The Kier molecular flexibility index (Phi) is 8.38. The van der Waals surface area contributed by atoms with Crippen LogP contribution in [0.4, 0.5) is 17.1 Å². The minimum atomic E-state index is -2.78. The lowest BCUT2D eigenvalue weighted by Gasteiger charge is -2.39. The van der Waals surface area contributed by atoms with E-state index in [0.717, 1.165) is 58.6 Å². The molecule has 0 aliphatic carbocycles. The molecule has 248 valence electrons. The van der Waals surface area contributed by atoms with Crippen LogP contribution in [0.1, 0.15) is 37.3 Å². The second kappa shape index (κ2) is 12.1. The summed E-state index contributed by atoms with van der Waals surface area (Å²) in [4.78, 5) is 46.3. The van der Waals surface area contributed by atoms with Crippen molar-refractivity contribution in [2.45, 2.75) is 68.6 Å². The molecule has 3 aromatic rings. The van der Waals surface area contributed by atoms with E-state index in [-0.39, 0.29) is 29.9 Å². The van der Waals surface area contributed by atoms with Gasteiger partial charge >= 0.3 is 0 Å². The molecule has 3 N–H and O–H groups in total. The second-order valence-corrected chi connectivity index (χ2v) is 18.9. The maximum Gasteiger partial charge on any atom is 0.264 e. The highest BCUT2D eigenvalue weighted by Crippen LogP contribution is 2.60.